The number of carboxylic acids is 1. The number of hydrogen-bond donors (Lipinski definition) is 1. The van der Waals surface area contributed by atoms with Crippen molar-refractivity contribution in [3.05, 3.63) is 0 Å². The van der Waals surface area contributed by atoms with E-state index in [1.807, 2.05) is 34.6 Å². The summed E-state index contributed by atoms with van der Waals surface area (Å²) in [6.07, 6.45) is 1.50. The molecule has 0 radical (unpaired) electrons. The molecule has 0 aromatic rings. The normalized spacial score (nSPS) is 20.0. The van der Waals surface area contributed by atoms with Crippen molar-refractivity contribution in [2.24, 2.45) is 0 Å². The van der Waals surface area contributed by atoms with Gasteiger partial charge in [0.25, 0.3) is 0 Å². The molecule has 21 heavy (non-hydrogen) atoms. The second-order valence-electron chi connectivity index (χ2n) is 6.48. The summed E-state index contributed by atoms with van der Waals surface area (Å²) in [5.74, 6) is -1.45. The summed E-state index contributed by atoms with van der Waals surface area (Å²) in [5, 5.41) is 9.08. The van der Waals surface area contributed by atoms with Crippen molar-refractivity contribution in [3.8, 4) is 0 Å². The van der Waals surface area contributed by atoms with Crippen LogP contribution in [-0.4, -0.2) is 56.9 Å². The van der Waals surface area contributed by atoms with Gasteiger partial charge in [-0.3, -0.25) is 24.2 Å². The van der Waals surface area contributed by atoms with Crippen LogP contribution in [0.25, 0.3) is 0 Å². The van der Waals surface area contributed by atoms with Gasteiger partial charge in [-0.1, -0.05) is 13.8 Å². The fraction of sp³-hybridized carbons (Fsp3) is 0.800. The Hall–Kier alpha value is -1.43. The van der Waals surface area contributed by atoms with Gasteiger partial charge in [-0.05, 0) is 33.6 Å². The van der Waals surface area contributed by atoms with Crippen LogP contribution in [0.15, 0.2) is 0 Å². The first kappa shape index (κ1) is 17.6. The van der Waals surface area contributed by atoms with Crippen molar-refractivity contribution >= 4 is 17.8 Å². The first-order valence-corrected chi connectivity index (χ1v) is 7.47. The zero-order valence-corrected chi connectivity index (χ0v) is 13.5. The SMILES string of the molecule is CCC(CC)N1C(=O)CC(N(CC(=O)O)C(C)(C)C)C1=O. The van der Waals surface area contributed by atoms with E-state index in [0.29, 0.717) is 0 Å². The third-order valence-electron chi connectivity index (χ3n) is 4.01. The highest BCUT2D eigenvalue weighted by Crippen LogP contribution is 2.28. The minimum absolute atomic E-state index is 0.0693. The van der Waals surface area contributed by atoms with Crippen LogP contribution in [0.1, 0.15) is 53.9 Å². The maximum atomic E-state index is 12.6. The Labute approximate surface area is 126 Å². The Morgan fingerprint density at radius 3 is 2.24 bits per heavy atom. The van der Waals surface area contributed by atoms with Crippen LogP contribution in [-0.2, 0) is 14.4 Å². The Bertz CT molecular complexity index is 424. The van der Waals surface area contributed by atoms with E-state index >= 15 is 0 Å². The number of aliphatic carboxylic acids is 1. The van der Waals surface area contributed by atoms with E-state index in [9.17, 15) is 14.4 Å². The van der Waals surface area contributed by atoms with Gasteiger partial charge in [-0.2, -0.15) is 0 Å². The molecule has 1 aliphatic rings. The fourth-order valence-corrected chi connectivity index (χ4v) is 2.88. The van der Waals surface area contributed by atoms with Crippen LogP contribution in [0.3, 0.4) is 0 Å². The average Bonchev–Trinajstić information content (AvgIpc) is 2.64. The topological polar surface area (TPSA) is 77.9 Å². The Morgan fingerprint density at radius 2 is 1.86 bits per heavy atom. The lowest BCUT2D eigenvalue weighted by Crippen LogP contribution is -2.54. The second-order valence-corrected chi connectivity index (χ2v) is 6.48. The molecule has 1 unspecified atom stereocenters. The summed E-state index contributed by atoms with van der Waals surface area (Å²) >= 11 is 0. The van der Waals surface area contributed by atoms with Crippen LogP contribution in [0, 0.1) is 0 Å². The van der Waals surface area contributed by atoms with Gasteiger partial charge >= 0.3 is 5.97 Å². The number of amides is 2. The van der Waals surface area contributed by atoms with Gasteiger partial charge in [0, 0.05) is 11.6 Å². The Morgan fingerprint density at radius 1 is 1.33 bits per heavy atom. The van der Waals surface area contributed by atoms with Crippen molar-refractivity contribution in [2.45, 2.75) is 71.5 Å². The average molecular weight is 298 g/mol. The molecule has 0 saturated carbocycles. The minimum atomic E-state index is -0.994. The molecule has 1 heterocycles. The molecule has 1 saturated heterocycles. The van der Waals surface area contributed by atoms with E-state index in [1.54, 1.807) is 4.90 Å². The molecule has 0 bridgehead atoms. The lowest BCUT2D eigenvalue weighted by atomic mass is 10.0. The molecule has 1 fully saturated rings. The number of carbonyl (C=O) groups excluding carboxylic acids is 2. The highest BCUT2D eigenvalue weighted by molar-refractivity contribution is 6.06. The summed E-state index contributed by atoms with van der Waals surface area (Å²) in [5.41, 5.74) is -0.497. The number of imide groups is 1. The number of hydrogen-bond acceptors (Lipinski definition) is 4. The number of carbonyl (C=O) groups is 3. The zero-order valence-electron chi connectivity index (χ0n) is 13.5. The van der Waals surface area contributed by atoms with Gasteiger partial charge in [0.2, 0.25) is 11.8 Å². The van der Waals surface area contributed by atoms with E-state index in [0.717, 1.165) is 12.8 Å². The van der Waals surface area contributed by atoms with Crippen molar-refractivity contribution in [3.63, 3.8) is 0 Å². The van der Waals surface area contributed by atoms with Crippen molar-refractivity contribution < 1.29 is 19.5 Å². The minimum Gasteiger partial charge on any atom is -0.480 e. The monoisotopic (exact) mass is 298 g/mol. The lowest BCUT2D eigenvalue weighted by Gasteiger charge is -2.38. The zero-order chi connectivity index (χ0) is 16.4. The first-order chi connectivity index (χ1) is 9.63. The molecule has 0 aromatic heterocycles. The Kier molecular flexibility index (Phi) is 5.50. The highest BCUT2D eigenvalue weighted by Gasteiger charge is 2.47. The molecule has 0 spiro atoms. The molecule has 120 valence electrons. The van der Waals surface area contributed by atoms with Gasteiger partial charge in [0.1, 0.15) is 0 Å². The highest BCUT2D eigenvalue weighted by atomic mass is 16.4. The molecule has 1 rings (SSSR count). The van der Waals surface area contributed by atoms with Crippen LogP contribution in [0.4, 0.5) is 0 Å². The number of likely N-dealkylation sites (tertiary alicyclic amines) is 1. The van der Waals surface area contributed by atoms with Gasteiger partial charge in [-0.15, -0.1) is 0 Å². The molecule has 6 heteroatoms. The molecule has 1 N–H and O–H groups in total. The first-order valence-electron chi connectivity index (χ1n) is 7.47. The molecule has 6 nitrogen and oxygen atoms in total. The molecule has 0 aromatic carbocycles. The maximum absolute atomic E-state index is 12.6. The van der Waals surface area contributed by atoms with Crippen LogP contribution >= 0.6 is 0 Å². The van der Waals surface area contributed by atoms with Gasteiger partial charge in [0.15, 0.2) is 0 Å². The molecular weight excluding hydrogens is 272 g/mol. The number of rotatable bonds is 6. The smallest absolute Gasteiger partial charge is 0.317 e. The summed E-state index contributed by atoms with van der Waals surface area (Å²) < 4.78 is 0. The van der Waals surface area contributed by atoms with Gasteiger partial charge in [0.05, 0.1) is 19.0 Å². The van der Waals surface area contributed by atoms with Crippen LogP contribution < -0.4 is 0 Å². The lowest BCUT2D eigenvalue weighted by molar-refractivity contribution is -0.145. The van der Waals surface area contributed by atoms with Crippen molar-refractivity contribution in [2.75, 3.05) is 6.54 Å². The quantitative estimate of drug-likeness (QED) is 0.752. The summed E-state index contributed by atoms with van der Waals surface area (Å²) in [4.78, 5) is 38.8. The second kappa shape index (κ2) is 6.56. The fourth-order valence-electron chi connectivity index (χ4n) is 2.88. The van der Waals surface area contributed by atoms with E-state index < -0.39 is 17.6 Å². The predicted octanol–water partition coefficient (Wildman–Crippen LogP) is 1.49. The standard InChI is InChI=1S/C15H26N2O4/c1-6-10(7-2)17-12(18)8-11(14(17)21)16(9-13(19)20)15(3,4)5/h10-11H,6-9H2,1-5H3,(H,19,20). The third-order valence-corrected chi connectivity index (χ3v) is 4.01. The summed E-state index contributed by atoms with van der Waals surface area (Å²) in [6, 6.07) is -0.768. The van der Waals surface area contributed by atoms with Crippen LogP contribution in [0.2, 0.25) is 0 Å². The third kappa shape index (κ3) is 3.81. The molecule has 2 amide bonds. The van der Waals surface area contributed by atoms with E-state index in [-0.39, 0.29) is 30.8 Å². The molecule has 1 atom stereocenters. The largest absolute Gasteiger partial charge is 0.480 e. The molecule has 0 aliphatic carbocycles. The van der Waals surface area contributed by atoms with Gasteiger partial charge < -0.3 is 5.11 Å². The van der Waals surface area contributed by atoms with Crippen molar-refractivity contribution in [1.82, 2.24) is 9.80 Å². The Balaban J connectivity index is 3.05. The van der Waals surface area contributed by atoms with Crippen LogP contribution in [0.5, 0.6) is 0 Å². The van der Waals surface area contributed by atoms with Gasteiger partial charge in [-0.25, -0.2) is 0 Å². The number of carboxylic acid groups (broad SMARTS) is 1. The predicted molar refractivity (Wildman–Crippen MR) is 78.7 cm³/mol. The summed E-state index contributed by atoms with van der Waals surface area (Å²) in [6.45, 7) is 9.21. The maximum Gasteiger partial charge on any atom is 0.317 e. The molecular formula is C15H26N2O4. The van der Waals surface area contributed by atoms with E-state index in [4.69, 9.17) is 5.11 Å². The molecule has 1 aliphatic heterocycles. The summed E-state index contributed by atoms with van der Waals surface area (Å²) in [7, 11) is 0. The van der Waals surface area contributed by atoms with E-state index in [1.165, 1.54) is 4.90 Å². The number of nitrogens with zero attached hydrogens (tertiary/aromatic N) is 2. The van der Waals surface area contributed by atoms with Crippen molar-refractivity contribution in [1.29, 1.82) is 0 Å². The van der Waals surface area contributed by atoms with E-state index in [2.05, 4.69) is 0 Å².